The van der Waals surface area contributed by atoms with E-state index in [4.69, 9.17) is 10.5 Å². The lowest BCUT2D eigenvalue weighted by Gasteiger charge is -2.43. The van der Waals surface area contributed by atoms with E-state index in [0.29, 0.717) is 6.04 Å². The number of hydrogen-bond acceptors (Lipinski definition) is 3. The summed E-state index contributed by atoms with van der Waals surface area (Å²) in [6.45, 7) is 2.43. The van der Waals surface area contributed by atoms with Crippen LogP contribution in [0.4, 0.5) is 0 Å². The van der Waals surface area contributed by atoms with Crippen LogP contribution in [-0.4, -0.2) is 37.0 Å². The van der Waals surface area contributed by atoms with Gasteiger partial charge in [-0.15, -0.1) is 0 Å². The quantitative estimate of drug-likeness (QED) is 0.929. The molecule has 1 aromatic carbocycles. The summed E-state index contributed by atoms with van der Waals surface area (Å²) in [4.78, 5) is 15.0. The lowest BCUT2D eigenvalue weighted by Crippen LogP contribution is -2.49. The molecule has 3 rings (SSSR count). The van der Waals surface area contributed by atoms with Crippen LogP contribution in [0.15, 0.2) is 24.3 Å². The van der Waals surface area contributed by atoms with Gasteiger partial charge in [0, 0.05) is 6.04 Å². The summed E-state index contributed by atoms with van der Waals surface area (Å²) in [5, 5.41) is 0. The molecule has 23 heavy (non-hydrogen) atoms. The molecule has 1 amide bonds. The Balaban J connectivity index is 1.77. The Morgan fingerprint density at radius 3 is 2.52 bits per heavy atom. The molecule has 1 saturated heterocycles. The molecule has 0 unspecified atom stereocenters. The van der Waals surface area contributed by atoms with Gasteiger partial charge in [0.2, 0.25) is 5.91 Å². The number of carbonyl (C=O) groups excluding carboxylic acids is 1. The number of hydrogen-bond donors (Lipinski definition) is 1. The first kappa shape index (κ1) is 16.3. The van der Waals surface area contributed by atoms with Gasteiger partial charge >= 0.3 is 0 Å². The van der Waals surface area contributed by atoms with Crippen molar-refractivity contribution in [2.75, 3.05) is 20.2 Å². The molecular weight excluding hydrogens is 288 g/mol. The molecule has 0 aromatic heterocycles. The Morgan fingerprint density at radius 2 is 1.91 bits per heavy atom. The van der Waals surface area contributed by atoms with Gasteiger partial charge in [0.1, 0.15) is 5.75 Å². The van der Waals surface area contributed by atoms with E-state index in [9.17, 15) is 4.79 Å². The first-order valence-corrected chi connectivity index (χ1v) is 8.84. The molecule has 4 heteroatoms. The van der Waals surface area contributed by atoms with Gasteiger partial charge < -0.3 is 15.4 Å². The average molecular weight is 316 g/mol. The van der Waals surface area contributed by atoms with Crippen LogP contribution in [-0.2, 0) is 10.2 Å². The molecular formula is C19H28N2O2. The molecule has 2 aliphatic rings. The molecule has 1 aromatic rings. The predicted molar refractivity (Wildman–Crippen MR) is 91.5 cm³/mol. The Hall–Kier alpha value is -1.55. The summed E-state index contributed by atoms with van der Waals surface area (Å²) in [7, 11) is 1.66. The zero-order valence-corrected chi connectivity index (χ0v) is 14.1. The van der Waals surface area contributed by atoms with E-state index in [1.54, 1.807) is 7.11 Å². The second kappa shape index (κ2) is 6.91. The number of nitrogens with zero attached hydrogens (tertiary/aromatic N) is 1. The molecule has 0 atom stereocenters. The van der Waals surface area contributed by atoms with Crippen molar-refractivity contribution in [2.24, 2.45) is 5.73 Å². The minimum atomic E-state index is -0.527. The highest BCUT2D eigenvalue weighted by Crippen LogP contribution is 2.42. The SMILES string of the molecule is COc1cccc([C@]2(C(N)=O)CC[C@@H](N3CCCCC3)CC2)c1. The normalized spacial score (nSPS) is 29.2. The number of rotatable bonds is 4. The molecule has 2 fully saturated rings. The average Bonchev–Trinajstić information content (AvgIpc) is 2.62. The Bertz CT molecular complexity index is 544. The van der Waals surface area contributed by atoms with Crippen LogP contribution in [0.1, 0.15) is 50.5 Å². The van der Waals surface area contributed by atoms with Gasteiger partial charge in [0.05, 0.1) is 12.5 Å². The van der Waals surface area contributed by atoms with Crippen molar-refractivity contribution in [3.8, 4) is 5.75 Å². The summed E-state index contributed by atoms with van der Waals surface area (Å²) in [6, 6.07) is 8.49. The van der Waals surface area contributed by atoms with E-state index in [1.807, 2.05) is 24.3 Å². The second-order valence-corrected chi connectivity index (χ2v) is 7.01. The highest BCUT2D eigenvalue weighted by molar-refractivity contribution is 5.87. The fourth-order valence-corrected chi connectivity index (χ4v) is 4.34. The number of methoxy groups -OCH3 is 1. The van der Waals surface area contributed by atoms with Gasteiger partial charge in [-0.25, -0.2) is 0 Å². The molecule has 0 spiro atoms. The maximum absolute atomic E-state index is 12.3. The molecule has 1 aliphatic heterocycles. The standard InChI is InChI=1S/C19H28N2O2/c1-23-17-7-5-6-15(14-17)19(18(20)22)10-8-16(9-11-19)21-12-3-2-4-13-21/h5-7,14,16H,2-4,8-13H2,1H3,(H2,20,22)/t16-,19+. The number of benzene rings is 1. The molecule has 1 saturated carbocycles. The number of amides is 1. The third-order valence-corrected chi connectivity index (χ3v) is 5.81. The van der Waals surface area contributed by atoms with Crippen LogP contribution in [0.3, 0.4) is 0 Å². The molecule has 0 radical (unpaired) electrons. The zero-order chi connectivity index (χ0) is 16.3. The molecule has 1 heterocycles. The first-order valence-electron chi connectivity index (χ1n) is 8.84. The topological polar surface area (TPSA) is 55.6 Å². The van der Waals surface area contributed by atoms with E-state index in [0.717, 1.165) is 37.0 Å². The van der Waals surface area contributed by atoms with Crippen molar-refractivity contribution >= 4 is 5.91 Å². The molecule has 126 valence electrons. The van der Waals surface area contributed by atoms with Crippen LogP contribution in [0.5, 0.6) is 5.75 Å². The fraction of sp³-hybridized carbons (Fsp3) is 0.632. The molecule has 1 aliphatic carbocycles. The largest absolute Gasteiger partial charge is 0.497 e. The van der Waals surface area contributed by atoms with E-state index in [1.165, 1.54) is 32.4 Å². The van der Waals surface area contributed by atoms with Crippen LogP contribution in [0, 0.1) is 0 Å². The van der Waals surface area contributed by atoms with Gasteiger partial charge in [-0.05, 0) is 69.3 Å². The van der Waals surface area contributed by atoms with Gasteiger partial charge in [0.15, 0.2) is 0 Å². The molecule has 0 bridgehead atoms. The third-order valence-electron chi connectivity index (χ3n) is 5.81. The number of ether oxygens (including phenoxy) is 1. The number of carbonyl (C=O) groups is 1. The summed E-state index contributed by atoms with van der Waals surface area (Å²) in [5.74, 6) is 0.601. The van der Waals surface area contributed by atoms with Crippen LogP contribution >= 0.6 is 0 Å². The number of primary amides is 1. The van der Waals surface area contributed by atoms with E-state index < -0.39 is 5.41 Å². The van der Waals surface area contributed by atoms with Crippen molar-refractivity contribution in [3.05, 3.63) is 29.8 Å². The smallest absolute Gasteiger partial charge is 0.228 e. The Labute approximate surface area is 139 Å². The van der Waals surface area contributed by atoms with E-state index in [2.05, 4.69) is 4.90 Å². The monoisotopic (exact) mass is 316 g/mol. The highest BCUT2D eigenvalue weighted by Gasteiger charge is 2.43. The first-order chi connectivity index (χ1) is 11.2. The number of likely N-dealkylation sites (tertiary alicyclic amines) is 1. The van der Waals surface area contributed by atoms with Crippen LogP contribution in [0.25, 0.3) is 0 Å². The van der Waals surface area contributed by atoms with Gasteiger partial charge in [0.25, 0.3) is 0 Å². The minimum absolute atomic E-state index is 0.192. The fourth-order valence-electron chi connectivity index (χ4n) is 4.34. The lowest BCUT2D eigenvalue weighted by molar-refractivity contribution is -0.125. The summed E-state index contributed by atoms with van der Waals surface area (Å²) < 4.78 is 5.33. The third kappa shape index (κ3) is 3.23. The van der Waals surface area contributed by atoms with Crippen LogP contribution in [0.2, 0.25) is 0 Å². The van der Waals surface area contributed by atoms with E-state index in [-0.39, 0.29) is 5.91 Å². The molecule has 2 N–H and O–H groups in total. The Morgan fingerprint density at radius 1 is 1.22 bits per heavy atom. The second-order valence-electron chi connectivity index (χ2n) is 7.01. The Kier molecular flexibility index (Phi) is 4.90. The maximum atomic E-state index is 12.3. The van der Waals surface area contributed by atoms with Crippen molar-refractivity contribution in [2.45, 2.75) is 56.4 Å². The van der Waals surface area contributed by atoms with E-state index >= 15 is 0 Å². The summed E-state index contributed by atoms with van der Waals surface area (Å²) >= 11 is 0. The summed E-state index contributed by atoms with van der Waals surface area (Å²) in [5.41, 5.74) is 6.34. The maximum Gasteiger partial charge on any atom is 0.228 e. The minimum Gasteiger partial charge on any atom is -0.497 e. The van der Waals surface area contributed by atoms with Gasteiger partial charge in [-0.3, -0.25) is 4.79 Å². The van der Waals surface area contributed by atoms with Gasteiger partial charge in [-0.2, -0.15) is 0 Å². The predicted octanol–water partition coefficient (Wildman–Crippen LogP) is 2.85. The van der Waals surface area contributed by atoms with Crippen molar-refractivity contribution < 1.29 is 9.53 Å². The summed E-state index contributed by atoms with van der Waals surface area (Å²) in [6.07, 6.45) is 7.78. The number of nitrogens with two attached hydrogens (primary N) is 1. The highest BCUT2D eigenvalue weighted by atomic mass is 16.5. The van der Waals surface area contributed by atoms with Crippen molar-refractivity contribution in [3.63, 3.8) is 0 Å². The lowest BCUT2D eigenvalue weighted by atomic mass is 9.67. The van der Waals surface area contributed by atoms with Gasteiger partial charge in [-0.1, -0.05) is 18.6 Å². The van der Waals surface area contributed by atoms with Crippen LogP contribution < -0.4 is 10.5 Å². The number of piperidine rings is 1. The molecule has 4 nitrogen and oxygen atoms in total. The van der Waals surface area contributed by atoms with Crippen molar-refractivity contribution in [1.29, 1.82) is 0 Å². The van der Waals surface area contributed by atoms with Crippen molar-refractivity contribution in [1.82, 2.24) is 4.90 Å². The zero-order valence-electron chi connectivity index (χ0n) is 14.1.